The molecule has 20 heavy (non-hydrogen) atoms. The number of nitrogens with one attached hydrogen (secondary N) is 1. The van der Waals surface area contributed by atoms with Crippen LogP contribution in [-0.4, -0.2) is 24.3 Å². The quantitative estimate of drug-likeness (QED) is 0.881. The Morgan fingerprint density at radius 2 is 2.15 bits per heavy atom. The Balaban J connectivity index is 1.88. The fourth-order valence-corrected chi connectivity index (χ4v) is 3.15. The summed E-state index contributed by atoms with van der Waals surface area (Å²) in [6.45, 7) is 9.85. The van der Waals surface area contributed by atoms with Crippen LogP contribution in [0.15, 0.2) is 24.3 Å². The van der Waals surface area contributed by atoms with Gasteiger partial charge in [0.2, 0.25) is 0 Å². The van der Waals surface area contributed by atoms with Crippen LogP contribution in [0.1, 0.15) is 51.2 Å². The minimum Gasteiger partial charge on any atom is -0.375 e. The van der Waals surface area contributed by atoms with E-state index in [1.54, 1.807) is 0 Å². The molecule has 0 aromatic heterocycles. The van der Waals surface area contributed by atoms with Gasteiger partial charge in [0.25, 0.3) is 0 Å². The molecule has 2 nitrogen and oxygen atoms in total. The van der Waals surface area contributed by atoms with Crippen LogP contribution >= 0.6 is 0 Å². The Morgan fingerprint density at radius 3 is 2.85 bits per heavy atom. The molecule has 2 rings (SSSR count). The van der Waals surface area contributed by atoms with Gasteiger partial charge in [-0.2, -0.15) is 0 Å². The van der Waals surface area contributed by atoms with Gasteiger partial charge >= 0.3 is 0 Å². The fraction of sp³-hybridized carbons (Fsp3) is 0.667. The molecule has 3 atom stereocenters. The van der Waals surface area contributed by atoms with Gasteiger partial charge in [0.1, 0.15) is 0 Å². The lowest BCUT2D eigenvalue weighted by Gasteiger charge is -2.39. The normalized spacial score (nSPS) is 28.3. The van der Waals surface area contributed by atoms with Crippen LogP contribution in [0.5, 0.6) is 0 Å². The van der Waals surface area contributed by atoms with Crippen LogP contribution in [0.2, 0.25) is 0 Å². The maximum Gasteiger partial charge on any atom is 0.0666 e. The molecule has 0 bridgehead atoms. The van der Waals surface area contributed by atoms with Crippen molar-refractivity contribution in [3.05, 3.63) is 35.4 Å². The predicted molar refractivity (Wildman–Crippen MR) is 85.2 cm³/mol. The zero-order valence-corrected chi connectivity index (χ0v) is 13.4. The highest BCUT2D eigenvalue weighted by Crippen LogP contribution is 2.28. The largest absolute Gasteiger partial charge is 0.375 e. The summed E-state index contributed by atoms with van der Waals surface area (Å²) in [5.74, 6) is 0. The van der Waals surface area contributed by atoms with Gasteiger partial charge in [-0.25, -0.2) is 0 Å². The van der Waals surface area contributed by atoms with Crippen LogP contribution in [0.25, 0.3) is 0 Å². The van der Waals surface area contributed by atoms with Gasteiger partial charge in [-0.05, 0) is 57.6 Å². The molecule has 112 valence electrons. The average molecular weight is 275 g/mol. The molecule has 1 heterocycles. The minimum atomic E-state index is 0.0678. The summed E-state index contributed by atoms with van der Waals surface area (Å²) >= 11 is 0. The number of rotatable bonds is 5. The van der Waals surface area contributed by atoms with E-state index in [1.807, 2.05) is 0 Å². The van der Waals surface area contributed by atoms with Crippen LogP contribution in [0.3, 0.4) is 0 Å². The molecule has 0 radical (unpaired) electrons. The molecule has 0 saturated carbocycles. The van der Waals surface area contributed by atoms with E-state index in [4.69, 9.17) is 4.74 Å². The predicted octanol–water partition coefficient (Wildman–Crippen LogP) is 3.86. The van der Waals surface area contributed by atoms with E-state index in [2.05, 4.69) is 57.3 Å². The van der Waals surface area contributed by atoms with E-state index in [0.29, 0.717) is 12.1 Å². The lowest BCUT2D eigenvalue weighted by atomic mass is 9.89. The maximum absolute atomic E-state index is 5.92. The lowest BCUT2D eigenvalue weighted by Crippen LogP contribution is -2.48. The maximum atomic E-state index is 5.92. The third kappa shape index (κ3) is 4.07. The summed E-state index contributed by atoms with van der Waals surface area (Å²) in [5.41, 5.74) is 2.92. The summed E-state index contributed by atoms with van der Waals surface area (Å²) in [4.78, 5) is 0. The van der Waals surface area contributed by atoms with Gasteiger partial charge in [0.15, 0.2) is 0 Å². The molecule has 1 aliphatic heterocycles. The molecule has 1 saturated heterocycles. The van der Waals surface area contributed by atoms with Crippen LogP contribution in [0, 0.1) is 6.92 Å². The molecule has 0 spiro atoms. The summed E-state index contributed by atoms with van der Waals surface area (Å²) in [5, 5.41) is 3.80. The van der Waals surface area contributed by atoms with E-state index < -0.39 is 0 Å². The number of benzene rings is 1. The van der Waals surface area contributed by atoms with Gasteiger partial charge in [0, 0.05) is 18.7 Å². The summed E-state index contributed by atoms with van der Waals surface area (Å²) < 4.78 is 5.92. The Morgan fingerprint density at radius 1 is 1.40 bits per heavy atom. The second kappa shape index (κ2) is 6.73. The highest BCUT2D eigenvalue weighted by Gasteiger charge is 2.31. The van der Waals surface area contributed by atoms with Crippen molar-refractivity contribution in [1.29, 1.82) is 0 Å². The van der Waals surface area contributed by atoms with Crippen molar-refractivity contribution in [2.45, 2.75) is 71.1 Å². The third-order valence-corrected chi connectivity index (χ3v) is 4.65. The van der Waals surface area contributed by atoms with E-state index in [0.717, 1.165) is 32.3 Å². The van der Waals surface area contributed by atoms with Crippen LogP contribution in [-0.2, 0) is 11.2 Å². The Kier molecular flexibility index (Phi) is 5.22. The fourth-order valence-electron chi connectivity index (χ4n) is 3.15. The summed E-state index contributed by atoms with van der Waals surface area (Å²) in [6, 6.07) is 9.80. The smallest absolute Gasteiger partial charge is 0.0666 e. The first-order valence-corrected chi connectivity index (χ1v) is 7.97. The van der Waals surface area contributed by atoms with Crippen molar-refractivity contribution < 1.29 is 4.74 Å². The van der Waals surface area contributed by atoms with Crippen LogP contribution in [0.4, 0.5) is 0 Å². The standard InChI is InChI=1S/C18H29NO/c1-5-18(4)13-17(10-11-20-18)19-15(3)12-16-9-7-6-8-14(16)2/h6-9,15,17,19H,5,10-13H2,1-4H3. The zero-order valence-electron chi connectivity index (χ0n) is 13.4. The Hall–Kier alpha value is -0.860. The van der Waals surface area contributed by atoms with Gasteiger partial charge in [-0.15, -0.1) is 0 Å². The minimum absolute atomic E-state index is 0.0678. The highest BCUT2D eigenvalue weighted by molar-refractivity contribution is 5.26. The first-order valence-electron chi connectivity index (χ1n) is 7.97. The van der Waals surface area contributed by atoms with E-state index in [9.17, 15) is 0 Å². The molecule has 1 N–H and O–H groups in total. The molecule has 1 aliphatic rings. The Labute approximate surface area is 123 Å². The second-order valence-corrected chi connectivity index (χ2v) is 6.54. The topological polar surface area (TPSA) is 21.3 Å². The molecule has 0 aliphatic carbocycles. The highest BCUT2D eigenvalue weighted by atomic mass is 16.5. The van der Waals surface area contributed by atoms with Gasteiger partial charge in [-0.3, -0.25) is 0 Å². The lowest BCUT2D eigenvalue weighted by molar-refractivity contribution is -0.0788. The van der Waals surface area contributed by atoms with E-state index >= 15 is 0 Å². The summed E-state index contributed by atoms with van der Waals surface area (Å²) in [6.07, 6.45) is 4.46. The van der Waals surface area contributed by atoms with Crippen molar-refractivity contribution in [3.8, 4) is 0 Å². The van der Waals surface area contributed by atoms with Crippen LogP contribution < -0.4 is 5.32 Å². The van der Waals surface area contributed by atoms with Gasteiger partial charge in [-0.1, -0.05) is 31.2 Å². The van der Waals surface area contributed by atoms with E-state index in [-0.39, 0.29) is 5.60 Å². The van der Waals surface area contributed by atoms with Crippen molar-refractivity contribution in [3.63, 3.8) is 0 Å². The molecule has 1 fully saturated rings. The monoisotopic (exact) mass is 275 g/mol. The van der Waals surface area contributed by atoms with Gasteiger partial charge < -0.3 is 10.1 Å². The zero-order chi connectivity index (χ0) is 14.6. The number of hydrogen-bond acceptors (Lipinski definition) is 2. The average Bonchev–Trinajstić information content (AvgIpc) is 2.41. The second-order valence-electron chi connectivity index (χ2n) is 6.54. The molecule has 1 aromatic rings. The summed E-state index contributed by atoms with van der Waals surface area (Å²) in [7, 11) is 0. The first-order chi connectivity index (χ1) is 9.52. The van der Waals surface area contributed by atoms with E-state index in [1.165, 1.54) is 11.1 Å². The Bertz CT molecular complexity index is 431. The third-order valence-electron chi connectivity index (χ3n) is 4.65. The van der Waals surface area contributed by atoms with Gasteiger partial charge in [0.05, 0.1) is 5.60 Å². The number of hydrogen-bond donors (Lipinski definition) is 1. The first kappa shape index (κ1) is 15.5. The van der Waals surface area contributed by atoms with Crippen molar-refractivity contribution >= 4 is 0 Å². The van der Waals surface area contributed by atoms with Crippen molar-refractivity contribution in [1.82, 2.24) is 5.32 Å². The molecule has 3 unspecified atom stereocenters. The van der Waals surface area contributed by atoms with Crippen molar-refractivity contribution in [2.75, 3.05) is 6.61 Å². The van der Waals surface area contributed by atoms with Crippen molar-refractivity contribution in [2.24, 2.45) is 0 Å². The molecule has 1 aromatic carbocycles. The SMILES string of the molecule is CCC1(C)CC(NC(C)Cc2ccccc2C)CCO1. The number of ether oxygens (including phenoxy) is 1. The molecular formula is C18H29NO. The molecule has 2 heteroatoms. The number of aryl methyl sites for hydroxylation is 1. The molecular weight excluding hydrogens is 246 g/mol. The molecule has 0 amide bonds.